The summed E-state index contributed by atoms with van der Waals surface area (Å²) in [5.41, 5.74) is 6.76. The largest absolute Gasteiger partial charge is 0.461 e. The molecule has 4 aromatic carbocycles. The number of aryl methyl sites for hydroxylation is 1. The first-order valence-corrected chi connectivity index (χ1v) is 17.6. The summed E-state index contributed by atoms with van der Waals surface area (Å²) < 4.78 is 37.2. The molecule has 0 fully saturated rings. The maximum absolute atomic E-state index is 14.0. The van der Waals surface area contributed by atoms with Gasteiger partial charge in [0.25, 0.3) is 0 Å². The Hall–Kier alpha value is -7.34. The molecule has 12 heteroatoms. The van der Waals surface area contributed by atoms with Crippen LogP contribution in [-0.4, -0.2) is 34.5 Å². The number of furan rings is 1. The van der Waals surface area contributed by atoms with E-state index < -0.39 is 0 Å². The van der Waals surface area contributed by atoms with Crippen molar-refractivity contribution in [1.82, 2.24) is 34.5 Å². The molecule has 0 amide bonds. The van der Waals surface area contributed by atoms with Crippen LogP contribution in [0.3, 0.4) is 0 Å². The van der Waals surface area contributed by atoms with Crippen LogP contribution >= 0.6 is 0 Å². The Morgan fingerprint density at radius 1 is 0.600 bits per heavy atom. The van der Waals surface area contributed by atoms with E-state index in [4.69, 9.17) is 4.42 Å². The Bertz CT molecular complexity index is 2960. The average Bonchev–Trinajstić information content (AvgIpc) is 4.00. The van der Waals surface area contributed by atoms with Gasteiger partial charge in [0.15, 0.2) is 0 Å². The minimum atomic E-state index is -0.234. The lowest BCUT2D eigenvalue weighted by Gasteiger charge is -2.08. The number of aromatic nitrogens is 7. The zero-order chi connectivity index (χ0) is 37.3. The number of halogens is 2. The molecule has 3 N–H and O–H groups in total. The normalized spacial score (nSPS) is 11.3. The minimum absolute atomic E-state index is 0.229. The molecular weight excluding hydrogens is 697 g/mol. The molecule has 0 aliphatic heterocycles. The Balaban J connectivity index is 0.000000144. The first-order valence-electron chi connectivity index (χ1n) is 17.6. The second-order valence-electron chi connectivity index (χ2n) is 13.2. The van der Waals surface area contributed by atoms with Gasteiger partial charge in [-0.1, -0.05) is 42.5 Å². The minimum Gasteiger partial charge on any atom is -0.461 e. The fraction of sp³-hybridized carbons (Fsp3) is 0.0698. The number of pyridine rings is 2. The second-order valence-corrected chi connectivity index (χ2v) is 13.2. The van der Waals surface area contributed by atoms with Gasteiger partial charge >= 0.3 is 0 Å². The molecule has 6 aromatic heterocycles. The fourth-order valence-corrected chi connectivity index (χ4v) is 6.58. The van der Waals surface area contributed by atoms with Crippen LogP contribution in [-0.2, 0) is 13.1 Å². The van der Waals surface area contributed by atoms with Crippen molar-refractivity contribution in [3.8, 4) is 0 Å². The number of nitrogens with one attached hydrogen (secondary N) is 3. The van der Waals surface area contributed by atoms with Crippen molar-refractivity contribution in [1.29, 1.82) is 0 Å². The van der Waals surface area contributed by atoms with E-state index in [1.165, 1.54) is 12.1 Å². The van der Waals surface area contributed by atoms with Crippen LogP contribution < -0.4 is 10.6 Å². The number of hydrogen-bond donors (Lipinski definition) is 3. The van der Waals surface area contributed by atoms with Gasteiger partial charge in [-0.15, -0.1) is 0 Å². The molecule has 270 valence electrons. The van der Waals surface area contributed by atoms with Crippen molar-refractivity contribution in [2.24, 2.45) is 0 Å². The van der Waals surface area contributed by atoms with Crippen LogP contribution in [0.1, 0.15) is 16.9 Å². The summed E-state index contributed by atoms with van der Waals surface area (Å²) in [6.45, 7) is 2.66. The monoisotopic (exact) mass is 729 g/mol. The van der Waals surface area contributed by atoms with Gasteiger partial charge in [-0.2, -0.15) is 10.2 Å². The predicted octanol–water partition coefficient (Wildman–Crippen LogP) is 10.3. The van der Waals surface area contributed by atoms with Crippen LogP contribution in [0, 0.1) is 18.6 Å². The van der Waals surface area contributed by atoms with Crippen LogP contribution in [0.4, 0.5) is 31.8 Å². The van der Waals surface area contributed by atoms with E-state index in [9.17, 15) is 8.78 Å². The Morgan fingerprint density at radius 3 is 1.80 bits per heavy atom. The standard InChI is InChI=1S/C22H17FN4O.C21H16FN5/c1-14-8-16-9-18(6-7-21(16)28-14)26-22-10-20-17(11-24-22)12-25-27(20)13-15-4-2-3-5-19(15)23;22-18-4-2-1-3-15(18)13-27-20-10-21(24-11-16(20)12-25-27)26-17-6-5-14-7-8-23-19(14)9-17/h2-12H,13H2,1H3,(H,24,26);1-12,23H,13H2,(H,24,26). The topological polar surface area (TPSA) is 114 Å². The third-order valence-corrected chi connectivity index (χ3v) is 9.35. The molecular formula is C43H33F2N9O. The molecule has 0 saturated carbocycles. The van der Waals surface area contributed by atoms with Crippen LogP contribution in [0.5, 0.6) is 0 Å². The number of H-pyrrole nitrogens is 1. The summed E-state index contributed by atoms with van der Waals surface area (Å²) in [7, 11) is 0. The predicted molar refractivity (Wildman–Crippen MR) is 212 cm³/mol. The lowest BCUT2D eigenvalue weighted by Crippen LogP contribution is -2.04. The third-order valence-electron chi connectivity index (χ3n) is 9.35. The molecule has 10 rings (SSSR count). The van der Waals surface area contributed by atoms with Gasteiger partial charge in [0.1, 0.15) is 34.6 Å². The maximum atomic E-state index is 14.0. The van der Waals surface area contributed by atoms with Crippen LogP contribution in [0.15, 0.2) is 145 Å². The molecule has 0 unspecified atom stereocenters. The lowest BCUT2D eigenvalue weighted by molar-refractivity contribution is 0.578. The number of benzene rings is 4. The number of fused-ring (bicyclic) bond motifs is 4. The van der Waals surface area contributed by atoms with Gasteiger partial charge in [-0.25, -0.2) is 18.7 Å². The summed E-state index contributed by atoms with van der Waals surface area (Å²) in [6.07, 6.45) is 8.95. The summed E-state index contributed by atoms with van der Waals surface area (Å²) in [5.74, 6) is 1.82. The quantitative estimate of drug-likeness (QED) is 0.143. The van der Waals surface area contributed by atoms with E-state index in [1.807, 2.05) is 79.9 Å². The van der Waals surface area contributed by atoms with Crippen molar-refractivity contribution < 1.29 is 13.2 Å². The van der Waals surface area contributed by atoms with Crippen molar-refractivity contribution in [2.45, 2.75) is 20.0 Å². The maximum Gasteiger partial charge on any atom is 0.134 e. The van der Waals surface area contributed by atoms with Crippen molar-refractivity contribution in [3.63, 3.8) is 0 Å². The number of hydrogen-bond acceptors (Lipinski definition) is 7. The van der Waals surface area contributed by atoms with Crippen LogP contribution in [0.25, 0.3) is 43.7 Å². The molecule has 0 radical (unpaired) electrons. The fourth-order valence-electron chi connectivity index (χ4n) is 6.58. The van der Waals surface area contributed by atoms with Gasteiger partial charge in [-0.3, -0.25) is 9.36 Å². The van der Waals surface area contributed by atoms with E-state index in [2.05, 4.69) is 41.8 Å². The molecule has 0 bridgehead atoms. The van der Waals surface area contributed by atoms with Crippen LogP contribution in [0.2, 0.25) is 0 Å². The number of aromatic amines is 1. The summed E-state index contributed by atoms with van der Waals surface area (Å²) in [4.78, 5) is 12.1. The van der Waals surface area contributed by atoms with Gasteiger partial charge in [0.2, 0.25) is 0 Å². The highest BCUT2D eigenvalue weighted by atomic mass is 19.1. The first-order chi connectivity index (χ1) is 26.9. The SMILES string of the molecule is Cc1cc2cc(Nc3cc4c(cn3)cnn4Cc3ccccc3F)ccc2o1.Fc1ccccc1Cn1ncc2cnc(Nc3ccc4cc[nH]c4c3)cc21. The van der Waals surface area contributed by atoms with Gasteiger partial charge in [-0.05, 0) is 66.9 Å². The Labute approximate surface area is 313 Å². The lowest BCUT2D eigenvalue weighted by atomic mass is 10.2. The van der Waals surface area contributed by atoms with E-state index >= 15 is 0 Å². The zero-order valence-corrected chi connectivity index (χ0v) is 29.5. The summed E-state index contributed by atoms with van der Waals surface area (Å²) in [6, 6.07) is 33.4. The summed E-state index contributed by atoms with van der Waals surface area (Å²) in [5, 5.41) is 19.4. The van der Waals surface area contributed by atoms with Gasteiger partial charge < -0.3 is 20.0 Å². The molecule has 10 aromatic rings. The van der Waals surface area contributed by atoms with E-state index in [-0.39, 0.29) is 11.6 Å². The molecule has 0 spiro atoms. The van der Waals surface area contributed by atoms with Gasteiger partial charge in [0, 0.05) is 74.9 Å². The molecule has 0 aliphatic rings. The molecule has 10 nitrogen and oxygen atoms in total. The van der Waals surface area contributed by atoms with Gasteiger partial charge in [0.05, 0.1) is 36.5 Å². The van der Waals surface area contributed by atoms with E-state index in [0.29, 0.717) is 35.9 Å². The number of rotatable bonds is 8. The highest BCUT2D eigenvalue weighted by molar-refractivity contribution is 5.86. The van der Waals surface area contributed by atoms with E-state index in [0.717, 1.165) is 60.8 Å². The average molecular weight is 730 g/mol. The highest BCUT2D eigenvalue weighted by Crippen LogP contribution is 2.27. The zero-order valence-electron chi connectivity index (χ0n) is 29.5. The van der Waals surface area contributed by atoms with Crippen molar-refractivity contribution >= 4 is 66.7 Å². The summed E-state index contributed by atoms with van der Waals surface area (Å²) >= 11 is 0. The smallest absolute Gasteiger partial charge is 0.134 e. The van der Waals surface area contributed by atoms with Crippen molar-refractivity contribution in [2.75, 3.05) is 10.6 Å². The highest BCUT2D eigenvalue weighted by Gasteiger charge is 2.11. The molecule has 0 aliphatic carbocycles. The number of anilines is 4. The molecule has 0 saturated heterocycles. The Kier molecular flexibility index (Phi) is 8.67. The molecule has 6 heterocycles. The number of nitrogens with zero attached hydrogens (tertiary/aromatic N) is 6. The first kappa shape index (κ1) is 33.5. The van der Waals surface area contributed by atoms with Crippen molar-refractivity contribution in [3.05, 3.63) is 169 Å². The molecule has 55 heavy (non-hydrogen) atoms. The van der Waals surface area contributed by atoms with E-state index in [1.54, 1.807) is 58.4 Å². The molecule has 0 atom stereocenters. The Morgan fingerprint density at radius 2 is 1.18 bits per heavy atom. The third kappa shape index (κ3) is 7.08. The second kappa shape index (κ2) is 14.2.